The normalized spacial score (nSPS) is 15.6. The van der Waals surface area contributed by atoms with Gasteiger partial charge in [0.15, 0.2) is 0 Å². The summed E-state index contributed by atoms with van der Waals surface area (Å²) in [4.78, 5) is 12.0. The topological polar surface area (TPSA) is 29.1 Å². The van der Waals surface area contributed by atoms with Crippen LogP contribution in [0.25, 0.3) is 0 Å². The number of fused-ring (bicyclic) bond motifs is 1. The Kier molecular flexibility index (Phi) is 2.88. The van der Waals surface area contributed by atoms with Crippen LogP contribution in [0.1, 0.15) is 18.9 Å². The highest BCUT2D eigenvalue weighted by Crippen LogP contribution is 2.38. The minimum absolute atomic E-state index is 0.0449. The summed E-state index contributed by atoms with van der Waals surface area (Å²) < 4.78 is 26.9. The first-order valence-corrected chi connectivity index (χ1v) is 5.96. The Hall–Kier alpha value is -1.10. The third-order valence-corrected chi connectivity index (χ3v) is 3.55. The van der Waals surface area contributed by atoms with Crippen LogP contribution >= 0.6 is 11.8 Å². The molecule has 0 aliphatic carbocycles. The lowest BCUT2D eigenvalue weighted by atomic mass is 10.1. The summed E-state index contributed by atoms with van der Waals surface area (Å²) in [5.41, 5.74) is 0.448. The smallest absolute Gasteiger partial charge is 0.273 e. The molecule has 1 aromatic carbocycles. The van der Waals surface area contributed by atoms with Crippen molar-refractivity contribution in [3.8, 4) is 0 Å². The van der Waals surface area contributed by atoms with Crippen LogP contribution in [0, 0.1) is 0 Å². The van der Waals surface area contributed by atoms with Gasteiger partial charge in [-0.1, -0.05) is 13.0 Å². The van der Waals surface area contributed by atoms with E-state index < -0.39 is 5.92 Å². The van der Waals surface area contributed by atoms with E-state index in [1.54, 1.807) is 6.07 Å². The summed E-state index contributed by atoms with van der Waals surface area (Å²) in [6.07, 6.45) is -0.243. The standard InChI is InChI=1S/C11H11F2NOS/c1-2-11(12,13)7-3-4-9-8(5-7)14-10(15)6-16-9/h3-5H,2,6H2,1H3,(H,14,15). The molecule has 0 spiro atoms. The summed E-state index contributed by atoms with van der Waals surface area (Å²) in [6.45, 7) is 1.44. The summed E-state index contributed by atoms with van der Waals surface area (Å²) in [5.74, 6) is -2.63. The fourth-order valence-corrected chi connectivity index (χ4v) is 2.30. The lowest BCUT2D eigenvalue weighted by molar-refractivity contribution is -0.113. The van der Waals surface area contributed by atoms with Crippen LogP contribution in [0.2, 0.25) is 0 Å². The molecular weight excluding hydrogens is 232 g/mol. The SMILES string of the molecule is CCC(F)(F)c1ccc2c(c1)NC(=O)CS2. The lowest BCUT2D eigenvalue weighted by Gasteiger charge is -2.20. The van der Waals surface area contributed by atoms with Crippen molar-refractivity contribution < 1.29 is 13.6 Å². The predicted molar refractivity (Wildman–Crippen MR) is 60.0 cm³/mol. The van der Waals surface area contributed by atoms with Gasteiger partial charge < -0.3 is 5.32 Å². The molecule has 5 heteroatoms. The second-order valence-electron chi connectivity index (χ2n) is 3.61. The zero-order valence-corrected chi connectivity index (χ0v) is 9.54. The molecule has 0 fully saturated rings. The van der Waals surface area contributed by atoms with E-state index in [0.29, 0.717) is 11.4 Å². The number of alkyl halides is 2. The number of rotatable bonds is 2. The van der Waals surface area contributed by atoms with E-state index >= 15 is 0 Å². The van der Waals surface area contributed by atoms with Gasteiger partial charge in [-0.3, -0.25) is 4.79 Å². The number of halogens is 2. The number of hydrogen-bond donors (Lipinski definition) is 1. The monoisotopic (exact) mass is 243 g/mol. The van der Waals surface area contributed by atoms with Gasteiger partial charge in [-0.25, -0.2) is 8.78 Å². The average molecular weight is 243 g/mol. The number of hydrogen-bond acceptors (Lipinski definition) is 2. The van der Waals surface area contributed by atoms with Crippen molar-refractivity contribution in [3.05, 3.63) is 23.8 Å². The molecule has 1 aliphatic rings. The molecule has 1 N–H and O–H groups in total. The van der Waals surface area contributed by atoms with Gasteiger partial charge in [0.25, 0.3) is 5.92 Å². The summed E-state index contributed by atoms with van der Waals surface area (Å²) >= 11 is 1.37. The molecule has 1 heterocycles. The Morgan fingerprint density at radius 2 is 2.25 bits per heavy atom. The number of anilines is 1. The zero-order valence-electron chi connectivity index (χ0n) is 8.72. The summed E-state index contributed by atoms with van der Waals surface area (Å²) in [5, 5.41) is 2.60. The van der Waals surface area contributed by atoms with E-state index in [0.717, 1.165) is 4.90 Å². The lowest BCUT2D eigenvalue weighted by Crippen LogP contribution is -2.20. The van der Waals surface area contributed by atoms with Crippen LogP contribution in [0.4, 0.5) is 14.5 Å². The summed E-state index contributed by atoms with van der Waals surface area (Å²) in [7, 11) is 0. The molecule has 0 atom stereocenters. The van der Waals surface area contributed by atoms with E-state index in [4.69, 9.17) is 0 Å². The molecule has 2 rings (SSSR count). The maximum atomic E-state index is 13.4. The molecular formula is C11H11F2NOS. The largest absolute Gasteiger partial charge is 0.324 e. The fourth-order valence-electron chi connectivity index (χ4n) is 1.51. The van der Waals surface area contributed by atoms with Crippen molar-refractivity contribution in [1.82, 2.24) is 0 Å². The van der Waals surface area contributed by atoms with E-state index in [-0.39, 0.29) is 17.9 Å². The van der Waals surface area contributed by atoms with Crippen LogP contribution in [-0.4, -0.2) is 11.7 Å². The average Bonchev–Trinajstić information content (AvgIpc) is 2.28. The van der Waals surface area contributed by atoms with E-state index in [1.807, 2.05) is 0 Å². The molecule has 86 valence electrons. The van der Waals surface area contributed by atoms with Crippen LogP contribution in [0.3, 0.4) is 0 Å². The highest BCUT2D eigenvalue weighted by atomic mass is 32.2. The van der Waals surface area contributed by atoms with Crippen molar-refractivity contribution in [1.29, 1.82) is 0 Å². The molecule has 0 bridgehead atoms. The van der Waals surface area contributed by atoms with Gasteiger partial charge in [0.1, 0.15) is 0 Å². The minimum Gasteiger partial charge on any atom is -0.324 e. The van der Waals surface area contributed by atoms with E-state index in [9.17, 15) is 13.6 Å². The number of carbonyl (C=O) groups is 1. The molecule has 16 heavy (non-hydrogen) atoms. The van der Waals surface area contributed by atoms with Gasteiger partial charge in [0.05, 0.1) is 11.4 Å². The minimum atomic E-state index is -2.83. The molecule has 2 nitrogen and oxygen atoms in total. The Morgan fingerprint density at radius 3 is 2.94 bits per heavy atom. The van der Waals surface area contributed by atoms with Gasteiger partial charge in [0.2, 0.25) is 5.91 Å². The Balaban J connectivity index is 2.38. The second kappa shape index (κ2) is 4.05. The van der Waals surface area contributed by atoms with Crippen LogP contribution in [0.5, 0.6) is 0 Å². The summed E-state index contributed by atoms with van der Waals surface area (Å²) in [6, 6.07) is 4.42. The molecule has 0 saturated heterocycles. The molecule has 1 amide bonds. The highest BCUT2D eigenvalue weighted by molar-refractivity contribution is 8.00. The number of carbonyl (C=O) groups excluding carboxylic acids is 1. The number of benzene rings is 1. The molecule has 0 saturated carbocycles. The van der Waals surface area contributed by atoms with Crippen LogP contribution in [0.15, 0.2) is 23.1 Å². The van der Waals surface area contributed by atoms with Crippen molar-refractivity contribution in [2.24, 2.45) is 0 Å². The number of nitrogens with one attached hydrogen (secondary N) is 1. The highest BCUT2D eigenvalue weighted by Gasteiger charge is 2.30. The van der Waals surface area contributed by atoms with E-state index in [2.05, 4.69) is 5.32 Å². The van der Waals surface area contributed by atoms with Gasteiger partial charge in [0, 0.05) is 16.9 Å². The van der Waals surface area contributed by atoms with Crippen molar-refractivity contribution in [2.45, 2.75) is 24.2 Å². The first kappa shape index (κ1) is 11.4. The maximum absolute atomic E-state index is 13.4. The van der Waals surface area contributed by atoms with Gasteiger partial charge in [-0.15, -0.1) is 11.8 Å². The first-order chi connectivity index (χ1) is 7.53. The van der Waals surface area contributed by atoms with Gasteiger partial charge in [-0.2, -0.15) is 0 Å². The quantitative estimate of drug-likeness (QED) is 0.864. The molecule has 0 unspecified atom stereocenters. The van der Waals surface area contributed by atoms with Crippen molar-refractivity contribution >= 4 is 23.4 Å². The molecule has 1 aromatic rings. The number of amides is 1. The number of thioether (sulfide) groups is 1. The van der Waals surface area contributed by atoms with Crippen LogP contribution in [-0.2, 0) is 10.7 Å². The van der Waals surface area contributed by atoms with Crippen molar-refractivity contribution in [2.75, 3.05) is 11.1 Å². The Bertz CT molecular complexity index is 434. The van der Waals surface area contributed by atoms with Crippen LogP contribution < -0.4 is 5.32 Å². The molecule has 0 aromatic heterocycles. The van der Waals surface area contributed by atoms with E-state index in [1.165, 1.54) is 30.8 Å². The zero-order chi connectivity index (χ0) is 11.8. The molecule has 1 aliphatic heterocycles. The second-order valence-corrected chi connectivity index (χ2v) is 4.62. The molecule has 0 radical (unpaired) electrons. The van der Waals surface area contributed by atoms with Gasteiger partial charge in [-0.05, 0) is 12.1 Å². The Morgan fingerprint density at radius 1 is 1.50 bits per heavy atom. The predicted octanol–water partition coefficient (Wildman–Crippen LogP) is 3.23. The Labute approximate surface area is 96.4 Å². The van der Waals surface area contributed by atoms with Crippen molar-refractivity contribution in [3.63, 3.8) is 0 Å². The van der Waals surface area contributed by atoms with Gasteiger partial charge >= 0.3 is 0 Å². The maximum Gasteiger partial charge on any atom is 0.273 e. The first-order valence-electron chi connectivity index (χ1n) is 4.98. The fraction of sp³-hybridized carbons (Fsp3) is 0.364. The third kappa shape index (κ3) is 2.04. The third-order valence-electron chi connectivity index (χ3n) is 2.48.